The summed E-state index contributed by atoms with van der Waals surface area (Å²) in [6.45, 7) is 4.40. The van der Waals surface area contributed by atoms with Gasteiger partial charge in [0, 0.05) is 38.4 Å². The van der Waals surface area contributed by atoms with E-state index in [0.717, 1.165) is 26.2 Å². The molecule has 0 amide bonds. The summed E-state index contributed by atoms with van der Waals surface area (Å²) in [5.41, 5.74) is 2.26. The molecule has 0 aliphatic carbocycles. The van der Waals surface area contributed by atoms with Crippen LogP contribution in [0.15, 0.2) is 82.0 Å². The molecule has 1 fully saturated rings. The number of anilines is 1. The van der Waals surface area contributed by atoms with Gasteiger partial charge in [-0.1, -0.05) is 30.3 Å². The molecule has 0 bridgehead atoms. The average Bonchev–Trinajstić information content (AvgIpc) is 2.84. The van der Waals surface area contributed by atoms with Crippen molar-refractivity contribution >= 4 is 27.6 Å². The summed E-state index contributed by atoms with van der Waals surface area (Å²) in [5.74, 6) is 0.549. The molecule has 1 saturated heterocycles. The average molecular weight is 431 g/mol. The van der Waals surface area contributed by atoms with E-state index in [-0.39, 0.29) is 12.0 Å². The maximum atomic E-state index is 12.8. The third-order valence-corrected chi connectivity index (χ3v) is 5.95. The summed E-state index contributed by atoms with van der Waals surface area (Å²) >= 11 is 0. The Morgan fingerprint density at radius 2 is 1.59 bits per heavy atom. The second-order valence-electron chi connectivity index (χ2n) is 8.17. The van der Waals surface area contributed by atoms with Crippen LogP contribution < -0.4 is 15.1 Å². The Kier molecular flexibility index (Phi) is 5.79. The van der Waals surface area contributed by atoms with E-state index in [1.165, 1.54) is 5.69 Å². The largest absolute Gasteiger partial charge is 0.491 e. The molecule has 1 aliphatic heterocycles. The zero-order valence-electron chi connectivity index (χ0n) is 17.8. The Bertz CT molecular complexity index is 1260. The summed E-state index contributed by atoms with van der Waals surface area (Å²) in [4.78, 5) is 17.4. The second kappa shape index (κ2) is 9.02. The Labute approximate surface area is 186 Å². The minimum Gasteiger partial charge on any atom is -0.491 e. The van der Waals surface area contributed by atoms with Crippen LogP contribution in [0.4, 0.5) is 5.69 Å². The molecule has 1 atom stereocenters. The van der Waals surface area contributed by atoms with Crippen molar-refractivity contribution in [3.8, 4) is 5.75 Å². The molecule has 5 rings (SSSR count). The quantitative estimate of drug-likeness (QED) is 0.472. The number of rotatable bonds is 6. The normalized spacial score (nSPS) is 15.8. The van der Waals surface area contributed by atoms with E-state index in [1.54, 1.807) is 30.3 Å². The summed E-state index contributed by atoms with van der Waals surface area (Å²) in [5, 5.41) is 11.5. The van der Waals surface area contributed by atoms with Gasteiger partial charge in [0.2, 0.25) is 5.43 Å². The van der Waals surface area contributed by atoms with Gasteiger partial charge < -0.3 is 19.2 Å². The van der Waals surface area contributed by atoms with E-state index in [2.05, 4.69) is 34.1 Å². The van der Waals surface area contributed by atoms with Gasteiger partial charge in [0.1, 0.15) is 29.6 Å². The molecule has 1 N–H and O–H groups in total. The highest BCUT2D eigenvalue weighted by Crippen LogP contribution is 2.23. The fourth-order valence-electron chi connectivity index (χ4n) is 4.24. The SMILES string of the molecule is O=c1c2ccccc2oc2ccc(OCC(O)CN3CCN(c4ccccc4)CC3)cc12. The van der Waals surface area contributed by atoms with Gasteiger partial charge in [-0.25, -0.2) is 0 Å². The van der Waals surface area contributed by atoms with Crippen LogP contribution in [0.25, 0.3) is 21.9 Å². The number of aliphatic hydroxyl groups excluding tert-OH is 1. The molecule has 0 spiro atoms. The molecule has 1 aromatic heterocycles. The lowest BCUT2D eigenvalue weighted by Gasteiger charge is -2.36. The van der Waals surface area contributed by atoms with Crippen LogP contribution in [0.2, 0.25) is 0 Å². The fourth-order valence-corrected chi connectivity index (χ4v) is 4.24. The Balaban J connectivity index is 1.18. The van der Waals surface area contributed by atoms with Crippen LogP contribution in [0.3, 0.4) is 0 Å². The third kappa shape index (κ3) is 4.33. The Hall–Kier alpha value is -3.35. The minimum atomic E-state index is -0.609. The second-order valence-corrected chi connectivity index (χ2v) is 8.17. The molecular formula is C26H26N2O4. The number of fused-ring (bicyclic) bond motifs is 2. The summed E-state index contributed by atoms with van der Waals surface area (Å²) in [7, 11) is 0. The molecule has 0 radical (unpaired) electrons. The van der Waals surface area contributed by atoms with Crippen molar-refractivity contribution in [1.82, 2.24) is 4.90 Å². The van der Waals surface area contributed by atoms with Crippen molar-refractivity contribution in [3.05, 3.63) is 83.0 Å². The van der Waals surface area contributed by atoms with Crippen molar-refractivity contribution in [2.24, 2.45) is 0 Å². The molecule has 4 aromatic rings. The van der Waals surface area contributed by atoms with E-state index in [1.807, 2.05) is 18.2 Å². The topological polar surface area (TPSA) is 66.2 Å². The lowest BCUT2D eigenvalue weighted by Crippen LogP contribution is -2.49. The Morgan fingerprint density at radius 1 is 0.875 bits per heavy atom. The van der Waals surface area contributed by atoms with Gasteiger partial charge in [-0.15, -0.1) is 0 Å². The number of hydrogen-bond acceptors (Lipinski definition) is 6. The summed E-state index contributed by atoms with van der Waals surface area (Å²) in [6, 6.07) is 22.8. The number of aliphatic hydroxyl groups is 1. The smallest absolute Gasteiger partial charge is 0.200 e. The molecule has 1 unspecified atom stereocenters. The first-order chi connectivity index (χ1) is 15.7. The number of para-hydroxylation sites is 2. The molecule has 2 heterocycles. The minimum absolute atomic E-state index is 0.0795. The highest BCUT2D eigenvalue weighted by Gasteiger charge is 2.20. The Morgan fingerprint density at radius 3 is 2.41 bits per heavy atom. The predicted molar refractivity (Wildman–Crippen MR) is 127 cm³/mol. The first-order valence-corrected chi connectivity index (χ1v) is 11.0. The lowest BCUT2D eigenvalue weighted by molar-refractivity contribution is 0.0663. The maximum absolute atomic E-state index is 12.8. The van der Waals surface area contributed by atoms with Gasteiger partial charge >= 0.3 is 0 Å². The highest BCUT2D eigenvalue weighted by atomic mass is 16.5. The number of piperazine rings is 1. The van der Waals surface area contributed by atoms with Crippen LogP contribution in [-0.2, 0) is 0 Å². The fraction of sp³-hybridized carbons (Fsp3) is 0.269. The van der Waals surface area contributed by atoms with Crippen LogP contribution in [0, 0.1) is 0 Å². The molecule has 32 heavy (non-hydrogen) atoms. The molecular weight excluding hydrogens is 404 g/mol. The number of ether oxygens (including phenoxy) is 1. The maximum Gasteiger partial charge on any atom is 0.200 e. The van der Waals surface area contributed by atoms with Gasteiger partial charge in [-0.3, -0.25) is 9.69 Å². The van der Waals surface area contributed by atoms with Crippen LogP contribution in [-0.4, -0.2) is 55.4 Å². The number of nitrogens with zero attached hydrogens (tertiary/aromatic N) is 2. The van der Waals surface area contributed by atoms with Crippen molar-refractivity contribution in [1.29, 1.82) is 0 Å². The van der Waals surface area contributed by atoms with Gasteiger partial charge in [0.05, 0.1) is 10.8 Å². The first-order valence-electron chi connectivity index (χ1n) is 11.0. The number of hydrogen-bond donors (Lipinski definition) is 1. The zero-order valence-corrected chi connectivity index (χ0v) is 17.8. The predicted octanol–water partition coefficient (Wildman–Crippen LogP) is 3.51. The standard InChI is InChI=1S/C26H26N2O4/c29-20(17-27-12-14-28(15-13-27)19-6-2-1-3-7-19)18-31-21-10-11-25-23(16-21)26(30)22-8-4-5-9-24(22)32-25/h1-11,16,20,29H,12-15,17-18H2. The molecule has 0 saturated carbocycles. The van der Waals surface area contributed by atoms with E-state index in [4.69, 9.17) is 9.15 Å². The van der Waals surface area contributed by atoms with E-state index < -0.39 is 6.10 Å². The van der Waals surface area contributed by atoms with Crippen molar-refractivity contribution in [2.45, 2.75) is 6.10 Å². The van der Waals surface area contributed by atoms with Gasteiger partial charge in [-0.05, 0) is 42.5 Å². The molecule has 1 aliphatic rings. The van der Waals surface area contributed by atoms with Gasteiger partial charge in [-0.2, -0.15) is 0 Å². The van der Waals surface area contributed by atoms with Gasteiger partial charge in [0.25, 0.3) is 0 Å². The summed E-state index contributed by atoms with van der Waals surface area (Å²) < 4.78 is 11.6. The van der Waals surface area contributed by atoms with Crippen LogP contribution >= 0.6 is 0 Å². The lowest BCUT2D eigenvalue weighted by atomic mass is 10.1. The van der Waals surface area contributed by atoms with E-state index in [9.17, 15) is 9.90 Å². The number of β-amino-alcohol motifs (C(OH)–C–C–N with tert-alkyl or cyclic N) is 1. The summed E-state index contributed by atoms with van der Waals surface area (Å²) in [6.07, 6.45) is -0.609. The first kappa shape index (κ1) is 20.5. The van der Waals surface area contributed by atoms with Crippen molar-refractivity contribution in [2.75, 3.05) is 44.2 Å². The molecule has 164 valence electrons. The number of benzene rings is 3. The van der Waals surface area contributed by atoms with E-state index >= 15 is 0 Å². The molecule has 6 nitrogen and oxygen atoms in total. The third-order valence-electron chi connectivity index (χ3n) is 5.95. The van der Waals surface area contributed by atoms with Crippen molar-refractivity contribution in [3.63, 3.8) is 0 Å². The highest BCUT2D eigenvalue weighted by molar-refractivity contribution is 5.90. The van der Waals surface area contributed by atoms with Crippen LogP contribution in [0.1, 0.15) is 0 Å². The monoisotopic (exact) mass is 430 g/mol. The van der Waals surface area contributed by atoms with E-state index in [0.29, 0.717) is 34.2 Å². The van der Waals surface area contributed by atoms with Gasteiger partial charge in [0.15, 0.2) is 0 Å². The zero-order chi connectivity index (χ0) is 21.9. The van der Waals surface area contributed by atoms with Crippen molar-refractivity contribution < 1.29 is 14.3 Å². The van der Waals surface area contributed by atoms with Crippen LogP contribution in [0.5, 0.6) is 5.75 Å². The molecule has 6 heteroatoms. The molecule has 3 aromatic carbocycles.